The highest BCUT2D eigenvalue weighted by atomic mass is 79.9. The second-order valence-corrected chi connectivity index (χ2v) is 5.75. The lowest BCUT2D eigenvalue weighted by Crippen LogP contribution is -2.34. The van der Waals surface area contributed by atoms with Gasteiger partial charge in [0.1, 0.15) is 0 Å². The maximum atomic E-state index is 3.61. The van der Waals surface area contributed by atoms with Crippen molar-refractivity contribution in [3.8, 4) is 0 Å². The van der Waals surface area contributed by atoms with Gasteiger partial charge in [0.2, 0.25) is 0 Å². The molecule has 0 amide bonds. The molecule has 0 heterocycles. The van der Waals surface area contributed by atoms with E-state index >= 15 is 0 Å². The van der Waals surface area contributed by atoms with Crippen molar-refractivity contribution < 1.29 is 0 Å². The molecule has 0 aliphatic rings. The van der Waals surface area contributed by atoms with Crippen molar-refractivity contribution in [2.45, 2.75) is 13.8 Å². The van der Waals surface area contributed by atoms with E-state index in [2.05, 4.69) is 71.3 Å². The van der Waals surface area contributed by atoms with Crippen LogP contribution in [0.2, 0.25) is 0 Å². The van der Waals surface area contributed by atoms with Gasteiger partial charge in [-0.15, -0.1) is 0 Å². The van der Waals surface area contributed by atoms with Crippen LogP contribution in [0.25, 0.3) is 0 Å². The Morgan fingerprint density at radius 3 is 2.47 bits per heavy atom. The number of halogens is 1. The van der Waals surface area contributed by atoms with Gasteiger partial charge < -0.3 is 10.2 Å². The quantitative estimate of drug-likeness (QED) is 0.866. The van der Waals surface area contributed by atoms with E-state index in [1.165, 1.54) is 5.69 Å². The van der Waals surface area contributed by atoms with Gasteiger partial charge in [0, 0.05) is 18.1 Å². The summed E-state index contributed by atoms with van der Waals surface area (Å²) in [4.78, 5) is 2.33. The minimum Gasteiger partial charge on any atom is -0.373 e. The van der Waals surface area contributed by atoms with Gasteiger partial charge in [-0.3, -0.25) is 0 Å². The third-order valence-electron chi connectivity index (χ3n) is 3.18. The van der Waals surface area contributed by atoms with Gasteiger partial charge in [-0.05, 0) is 53.5 Å². The van der Waals surface area contributed by atoms with E-state index in [1.807, 2.05) is 7.05 Å². The molecule has 0 fully saturated rings. The summed E-state index contributed by atoms with van der Waals surface area (Å²) < 4.78 is 1.16. The molecule has 1 N–H and O–H groups in total. The van der Waals surface area contributed by atoms with Crippen LogP contribution in [0.15, 0.2) is 28.7 Å². The zero-order valence-electron chi connectivity index (χ0n) is 11.2. The van der Waals surface area contributed by atoms with E-state index in [0.717, 1.165) is 17.6 Å². The molecular formula is C14H23BrN2. The standard InChI is InChI=1S/C14H23BrN2/c1-11(2)12(9-16-3)10-17(4)14-8-6-5-7-13(14)15/h5-8,11-12,16H,9-10H2,1-4H3. The number of anilines is 1. The van der Waals surface area contributed by atoms with Crippen molar-refractivity contribution >= 4 is 21.6 Å². The lowest BCUT2D eigenvalue weighted by Gasteiger charge is -2.28. The van der Waals surface area contributed by atoms with Crippen molar-refractivity contribution in [3.05, 3.63) is 28.7 Å². The molecular weight excluding hydrogens is 276 g/mol. The summed E-state index contributed by atoms with van der Waals surface area (Å²) in [7, 11) is 4.18. The maximum absolute atomic E-state index is 3.61. The largest absolute Gasteiger partial charge is 0.373 e. The normalized spacial score (nSPS) is 12.8. The van der Waals surface area contributed by atoms with E-state index in [0.29, 0.717) is 11.8 Å². The molecule has 1 aromatic carbocycles. The summed E-state index contributed by atoms with van der Waals surface area (Å²) in [6, 6.07) is 8.38. The van der Waals surface area contributed by atoms with Crippen LogP contribution in [-0.4, -0.2) is 27.2 Å². The Morgan fingerprint density at radius 1 is 1.29 bits per heavy atom. The fourth-order valence-corrected chi connectivity index (χ4v) is 2.57. The van der Waals surface area contributed by atoms with E-state index < -0.39 is 0 Å². The van der Waals surface area contributed by atoms with E-state index in [4.69, 9.17) is 0 Å². The molecule has 0 saturated carbocycles. The van der Waals surface area contributed by atoms with Gasteiger partial charge >= 0.3 is 0 Å². The molecule has 17 heavy (non-hydrogen) atoms. The smallest absolute Gasteiger partial charge is 0.0508 e. The molecule has 1 unspecified atom stereocenters. The number of benzene rings is 1. The molecule has 3 heteroatoms. The average molecular weight is 299 g/mol. The van der Waals surface area contributed by atoms with Gasteiger partial charge in [0.25, 0.3) is 0 Å². The molecule has 0 aliphatic carbocycles. The molecule has 1 aromatic rings. The highest BCUT2D eigenvalue weighted by Crippen LogP contribution is 2.26. The van der Waals surface area contributed by atoms with Crippen LogP contribution in [0.5, 0.6) is 0 Å². The summed E-state index contributed by atoms with van der Waals surface area (Å²) in [5.74, 6) is 1.35. The third-order valence-corrected chi connectivity index (χ3v) is 3.85. The Hall–Kier alpha value is -0.540. The second-order valence-electron chi connectivity index (χ2n) is 4.89. The first-order chi connectivity index (χ1) is 8.06. The van der Waals surface area contributed by atoms with Crippen LogP contribution in [0.3, 0.4) is 0 Å². The molecule has 0 saturated heterocycles. The molecule has 0 bridgehead atoms. The van der Waals surface area contributed by atoms with Gasteiger partial charge in [-0.2, -0.15) is 0 Å². The average Bonchev–Trinajstić information content (AvgIpc) is 2.28. The molecule has 0 aliphatic heterocycles. The van der Waals surface area contributed by atoms with Gasteiger partial charge in [-0.1, -0.05) is 26.0 Å². The summed E-state index contributed by atoms with van der Waals surface area (Å²) in [6.45, 7) is 6.71. The lowest BCUT2D eigenvalue weighted by atomic mass is 9.95. The van der Waals surface area contributed by atoms with Crippen LogP contribution in [-0.2, 0) is 0 Å². The molecule has 96 valence electrons. The SMILES string of the molecule is CNCC(CN(C)c1ccccc1Br)C(C)C. The number of nitrogens with one attached hydrogen (secondary N) is 1. The first-order valence-corrected chi connectivity index (χ1v) is 6.95. The van der Waals surface area contributed by atoms with Crippen molar-refractivity contribution in [2.24, 2.45) is 11.8 Å². The molecule has 1 atom stereocenters. The lowest BCUT2D eigenvalue weighted by molar-refractivity contribution is 0.376. The number of rotatable bonds is 6. The zero-order chi connectivity index (χ0) is 12.8. The Kier molecular flexibility index (Phi) is 6.00. The molecule has 1 rings (SSSR count). The van der Waals surface area contributed by atoms with E-state index in [1.54, 1.807) is 0 Å². The Bertz CT molecular complexity index is 339. The van der Waals surface area contributed by atoms with Crippen LogP contribution in [0, 0.1) is 11.8 Å². The first kappa shape index (κ1) is 14.5. The minimum absolute atomic E-state index is 0.664. The van der Waals surface area contributed by atoms with Crippen molar-refractivity contribution in [3.63, 3.8) is 0 Å². The summed E-state index contributed by atoms with van der Waals surface area (Å²) >= 11 is 3.61. The van der Waals surface area contributed by atoms with Crippen LogP contribution in [0.1, 0.15) is 13.8 Å². The fourth-order valence-electron chi connectivity index (χ4n) is 1.98. The van der Waals surface area contributed by atoms with Gasteiger partial charge in [-0.25, -0.2) is 0 Å². The van der Waals surface area contributed by atoms with Crippen molar-refractivity contribution in [1.29, 1.82) is 0 Å². The fraction of sp³-hybridized carbons (Fsp3) is 0.571. The highest BCUT2D eigenvalue weighted by Gasteiger charge is 2.16. The minimum atomic E-state index is 0.664. The number of para-hydroxylation sites is 1. The zero-order valence-corrected chi connectivity index (χ0v) is 12.8. The topological polar surface area (TPSA) is 15.3 Å². The van der Waals surface area contributed by atoms with Gasteiger partial charge in [0.15, 0.2) is 0 Å². The number of hydrogen-bond donors (Lipinski definition) is 1. The van der Waals surface area contributed by atoms with Crippen LogP contribution < -0.4 is 10.2 Å². The Labute approximate surface area is 114 Å². The number of hydrogen-bond acceptors (Lipinski definition) is 2. The summed E-state index contributed by atoms with van der Waals surface area (Å²) in [5, 5.41) is 3.28. The summed E-state index contributed by atoms with van der Waals surface area (Å²) in [5.41, 5.74) is 1.26. The summed E-state index contributed by atoms with van der Waals surface area (Å²) in [6.07, 6.45) is 0. The molecule has 0 aromatic heterocycles. The predicted octanol–water partition coefficient (Wildman–Crippen LogP) is 3.38. The van der Waals surface area contributed by atoms with E-state index in [-0.39, 0.29) is 0 Å². The molecule has 0 spiro atoms. The first-order valence-electron chi connectivity index (χ1n) is 6.16. The third kappa shape index (κ3) is 4.32. The Balaban J connectivity index is 2.70. The molecule has 0 radical (unpaired) electrons. The maximum Gasteiger partial charge on any atom is 0.0508 e. The highest BCUT2D eigenvalue weighted by molar-refractivity contribution is 9.10. The van der Waals surface area contributed by atoms with Crippen molar-refractivity contribution in [2.75, 3.05) is 32.1 Å². The van der Waals surface area contributed by atoms with E-state index in [9.17, 15) is 0 Å². The van der Waals surface area contributed by atoms with Crippen LogP contribution in [0.4, 0.5) is 5.69 Å². The predicted molar refractivity (Wildman–Crippen MR) is 79.7 cm³/mol. The van der Waals surface area contributed by atoms with Crippen molar-refractivity contribution in [1.82, 2.24) is 5.32 Å². The number of nitrogens with zero attached hydrogens (tertiary/aromatic N) is 1. The second kappa shape index (κ2) is 7.02. The monoisotopic (exact) mass is 298 g/mol. The Morgan fingerprint density at radius 2 is 1.94 bits per heavy atom. The molecule has 2 nitrogen and oxygen atoms in total. The van der Waals surface area contributed by atoms with Crippen LogP contribution >= 0.6 is 15.9 Å². The van der Waals surface area contributed by atoms with Gasteiger partial charge in [0.05, 0.1) is 5.69 Å².